The highest BCUT2D eigenvalue weighted by molar-refractivity contribution is 5.92. The fraction of sp³-hybridized carbons (Fsp3) is 0. The summed E-state index contributed by atoms with van der Waals surface area (Å²) in [6.07, 6.45) is 1.58. The summed E-state index contributed by atoms with van der Waals surface area (Å²) in [5.41, 5.74) is 0.542. The lowest BCUT2D eigenvalue weighted by molar-refractivity contribution is 0.765. The number of aromatic nitrogens is 1. The molecule has 3 rings (SSSR count). The molecule has 92 valence electrons. The molecule has 19 heavy (non-hydrogen) atoms. The number of nitrogens with zero attached hydrogens (tertiary/aromatic N) is 3. The van der Waals surface area contributed by atoms with E-state index in [1.165, 1.54) is 10.7 Å². The van der Waals surface area contributed by atoms with Crippen molar-refractivity contribution in [2.24, 2.45) is 10.3 Å². The highest BCUT2D eigenvalue weighted by atomic mass is 16.1. The van der Waals surface area contributed by atoms with Crippen LogP contribution in [0.1, 0.15) is 0 Å². The summed E-state index contributed by atoms with van der Waals surface area (Å²) < 4.78 is 1.21. The van der Waals surface area contributed by atoms with Crippen LogP contribution in [0.2, 0.25) is 0 Å². The molecular weight excluding hydrogens is 238 g/mol. The molecule has 1 heterocycles. The number of rotatable bonds is 2. The third-order valence-electron chi connectivity index (χ3n) is 2.82. The van der Waals surface area contributed by atoms with Gasteiger partial charge in [0.2, 0.25) is 0 Å². The van der Waals surface area contributed by atoms with E-state index in [0.717, 1.165) is 16.5 Å². The minimum atomic E-state index is -0.202. The molecular formula is C15H11N3O. The van der Waals surface area contributed by atoms with Crippen molar-refractivity contribution in [3.63, 3.8) is 0 Å². The Morgan fingerprint density at radius 3 is 2.53 bits per heavy atom. The SMILES string of the molecule is O=c1ccccn1N=Nc1cccc2ccccc12. The van der Waals surface area contributed by atoms with E-state index in [4.69, 9.17) is 0 Å². The lowest BCUT2D eigenvalue weighted by Crippen LogP contribution is -2.12. The van der Waals surface area contributed by atoms with Gasteiger partial charge in [0.15, 0.2) is 0 Å². The third kappa shape index (κ3) is 2.28. The highest BCUT2D eigenvalue weighted by Crippen LogP contribution is 2.25. The molecule has 4 heteroatoms. The Morgan fingerprint density at radius 2 is 1.63 bits per heavy atom. The van der Waals surface area contributed by atoms with Crippen LogP contribution in [-0.4, -0.2) is 4.68 Å². The molecule has 3 aromatic rings. The molecule has 2 aromatic carbocycles. The summed E-state index contributed by atoms with van der Waals surface area (Å²) in [5, 5.41) is 10.2. The van der Waals surface area contributed by atoms with E-state index in [-0.39, 0.29) is 5.56 Å². The van der Waals surface area contributed by atoms with Gasteiger partial charge in [-0.25, -0.2) is 0 Å². The van der Waals surface area contributed by atoms with Gasteiger partial charge < -0.3 is 0 Å². The van der Waals surface area contributed by atoms with Crippen molar-refractivity contribution in [2.45, 2.75) is 0 Å². The second-order valence-electron chi connectivity index (χ2n) is 4.07. The average Bonchev–Trinajstić information content (AvgIpc) is 2.46. The van der Waals surface area contributed by atoms with Crippen LogP contribution in [0, 0.1) is 0 Å². The van der Waals surface area contributed by atoms with Gasteiger partial charge in [-0.2, -0.15) is 4.68 Å². The van der Waals surface area contributed by atoms with Crippen molar-refractivity contribution in [1.29, 1.82) is 0 Å². The van der Waals surface area contributed by atoms with Crippen LogP contribution >= 0.6 is 0 Å². The van der Waals surface area contributed by atoms with Crippen LogP contribution in [-0.2, 0) is 0 Å². The molecule has 0 aliphatic rings. The topological polar surface area (TPSA) is 46.7 Å². The van der Waals surface area contributed by atoms with Crippen LogP contribution in [0.3, 0.4) is 0 Å². The fourth-order valence-electron chi connectivity index (χ4n) is 1.88. The van der Waals surface area contributed by atoms with Crippen molar-refractivity contribution < 1.29 is 0 Å². The van der Waals surface area contributed by atoms with Gasteiger partial charge in [0.05, 0.1) is 5.69 Å². The first kappa shape index (κ1) is 11.3. The van der Waals surface area contributed by atoms with Gasteiger partial charge in [-0.1, -0.05) is 47.7 Å². The highest BCUT2D eigenvalue weighted by Gasteiger charge is 1.98. The Morgan fingerprint density at radius 1 is 0.842 bits per heavy atom. The van der Waals surface area contributed by atoms with Gasteiger partial charge >= 0.3 is 0 Å². The Balaban J connectivity index is 2.07. The van der Waals surface area contributed by atoms with Crippen LogP contribution in [0.5, 0.6) is 0 Å². The van der Waals surface area contributed by atoms with E-state index in [1.54, 1.807) is 18.3 Å². The summed E-state index contributed by atoms with van der Waals surface area (Å²) in [7, 11) is 0. The van der Waals surface area contributed by atoms with Gasteiger partial charge in [-0.15, -0.1) is 5.11 Å². The first-order chi connectivity index (χ1) is 9.34. The number of hydrogen-bond donors (Lipinski definition) is 0. The molecule has 0 radical (unpaired) electrons. The number of fused-ring (bicyclic) bond motifs is 1. The van der Waals surface area contributed by atoms with Gasteiger partial charge in [-0.05, 0) is 17.5 Å². The average molecular weight is 249 g/mol. The van der Waals surface area contributed by atoms with Gasteiger partial charge in [0, 0.05) is 17.6 Å². The lowest BCUT2D eigenvalue weighted by atomic mass is 10.1. The van der Waals surface area contributed by atoms with Crippen molar-refractivity contribution in [3.8, 4) is 0 Å². The smallest absolute Gasteiger partial charge is 0.267 e. The standard InChI is InChI=1S/C15H11N3O/c19-15-10-3-4-11-18(15)17-16-14-9-5-7-12-6-1-2-8-13(12)14/h1-11H. The van der Waals surface area contributed by atoms with E-state index in [2.05, 4.69) is 10.3 Å². The maximum Gasteiger partial charge on any atom is 0.272 e. The predicted octanol–water partition coefficient (Wildman–Crippen LogP) is 3.55. The normalized spacial score (nSPS) is 11.2. The molecule has 0 saturated heterocycles. The molecule has 0 fully saturated rings. The predicted molar refractivity (Wildman–Crippen MR) is 74.6 cm³/mol. The quantitative estimate of drug-likeness (QED) is 0.640. The third-order valence-corrected chi connectivity index (χ3v) is 2.82. The monoisotopic (exact) mass is 249 g/mol. The molecule has 1 aromatic heterocycles. The zero-order chi connectivity index (χ0) is 13.1. The molecule has 0 amide bonds. The van der Waals surface area contributed by atoms with Crippen LogP contribution in [0.15, 0.2) is 82.0 Å². The summed E-state index contributed by atoms with van der Waals surface area (Å²) in [6, 6.07) is 18.6. The van der Waals surface area contributed by atoms with Crippen molar-refractivity contribution in [1.82, 2.24) is 4.68 Å². The first-order valence-electron chi connectivity index (χ1n) is 5.92. The molecule has 0 N–H and O–H groups in total. The summed E-state index contributed by atoms with van der Waals surface area (Å²) >= 11 is 0. The number of hydrogen-bond acceptors (Lipinski definition) is 3. The molecule has 0 bridgehead atoms. The lowest BCUT2D eigenvalue weighted by Gasteiger charge is -2.00. The zero-order valence-corrected chi connectivity index (χ0v) is 10.1. The van der Waals surface area contributed by atoms with Crippen molar-refractivity contribution >= 4 is 16.5 Å². The second kappa shape index (κ2) is 4.86. The van der Waals surface area contributed by atoms with E-state index in [1.807, 2.05) is 42.5 Å². The Bertz CT molecular complexity index is 800. The minimum Gasteiger partial charge on any atom is -0.267 e. The molecule has 0 unspecified atom stereocenters. The molecule has 0 aliphatic carbocycles. The van der Waals surface area contributed by atoms with E-state index < -0.39 is 0 Å². The Kier molecular flexibility index (Phi) is 2.90. The zero-order valence-electron chi connectivity index (χ0n) is 10.1. The van der Waals surface area contributed by atoms with Crippen LogP contribution in [0.25, 0.3) is 10.8 Å². The largest absolute Gasteiger partial charge is 0.272 e. The second-order valence-corrected chi connectivity index (χ2v) is 4.07. The molecule has 0 atom stereocenters. The van der Waals surface area contributed by atoms with Gasteiger partial charge in [0.25, 0.3) is 5.56 Å². The van der Waals surface area contributed by atoms with E-state index >= 15 is 0 Å². The molecule has 4 nitrogen and oxygen atoms in total. The number of benzene rings is 2. The van der Waals surface area contributed by atoms with E-state index in [0.29, 0.717) is 0 Å². The maximum absolute atomic E-state index is 11.5. The van der Waals surface area contributed by atoms with Crippen LogP contribution < -0.4 is 5.56 Å². The number of pyridine rings is 1. The Hall–Kier alpha value is -2.75. The fourth-order valence-corrected chi connectivity index (χ4v) is 1.88. The van der Waals surface area contributed by atoms with Gasteiger partial charge in [0.1, 0.15) is 0 Å². The summed E-state index contributed by atoms with van der Waals surface area (Å²) in [4.78, 5) is 11.5. The van der Waals surface area contributed by atoms with Crippen molar-refractivity contribution in [3.05, 3.63) is 77.2 Å². The van der Waals surface area contributed by atoms with Gasteiger partial charge in [-0.3, -0.25) is 4.79 Å². The Labute approximate surface area is 109 Å². The van der Waals surface area contributed by atoms with Crippen molar-refractivity contribution in [2.75, 3.05) is 0 Å². The summed E-state index contributed by atoms with van der Waals surface area (Å²) in [5.74, 6) is 0. The first-order valence-corrected chi connectivity index (χ1v) is 5.92. The maximum atomic E-state index is 11.5. The summed E-state index contributed by atoms with van der Waals surface area (Å²) in [6.45, 7) is 0. The molecule has 0 aliphatic heterocycles. The minimum absolute atomic E-state index is 0.202. The molecule has 0 spiro atoms. The van der Waals surface area contributed by atoms with Crippen LogP contribution in [0.4, 0.5) is 5.69 Å². The van der Waals surface area contributed by atoms with E-state index in [9.17, 15) is 4.79 Å². The molecule has 0 saturated carbocycles.